The lowest BCUT2D eigenvalue weighted by Gasteiger charge is -2.45. The molecular weight excluding hydrogens is 312 g/mol. The molecule has 4 bridgehead atoms. The van der Waals surface area contributed by atoms with Crippen LogP contribution >= 0.6 is 0 Å². The number of rotatable bonds is 7. The molecule has 0 radical (unpaired) electrons. The van der Waals surface area contributed by atoms with Crippen LogP contribution in [-0.4, -0.2) is 48.6 Å². The average Bonchev–Trinajstić information content (AvgIpc) is 2.50. The molecule has 6 atom stereocenters. The molecular formula is C18H26O6. The largest absolute Gasteiger partial charge is 0.460 e. The Hall–Kier alpha value is -1.14. The van der Waals surface area contributed by atoms with E-state index in [-0.39, 0.29) is 36.4 Å². The predicted octanol–water partition coefficient (Wildman–Crippen LogP) is 2.27. The lowest BCUT2D eigenvalue weighted by Crippen LogP contribution is -2.52. The van der Waals surface area contributed by atoms with Crippen LogP contribution < -0.4 is 0 Å². The summed E-state index contributed by atoms with van der Waals surface area (Å²) in [6.07, 6.45) is 8.79. The molecule has 4 aliphatic heterocycles. The third-order valence-electron chi connectivity index (χ3n) is 5.68. The Morgan fingerprint density at radius 1 is 0.750 bits per heavy atom. The van der Waals surface area contributed by atoms with Crippen LogP contribution in [-0.2, 0) is 28.5 Å². The maximum absolute atomic E-state index is 11.9. The van der Waals surface area contributed by atoms with E-state index in [1.165, 1.54) is 0 Å². The summed E-state index contributed by atoms with van der Waals surface area (Å²) in [4.78, 5) is 23.7. The Labute approximate surface area is 142 Å². The van der Waals surface area contributed by atoms with Gasteiger partial charge in [0.05, 0.1) is 24.4 Å². The third kappa shape index (κ3) is 3.59. The highest BCUT2D eigenvalue weighted by Crippen LogP contribution is 2.37. The van der Waals surface area contributed by atoms with E-state index in [1.54, 1.807) is 0 Å². The van der Waals surface area contributed by atoms with E-state index in [0.29, 0.717) is 37.9 Å². The van der Waals surface area contributed by atoms with Gasteiger partial charge in [-0.05, 0) is 38.5 Å². The van der Waals surface area contributed by atoms with E-state index in [0.717, 1.165) is 38.5 Å². The van der Waals surface area contributed by atoms with E-state index >= 15 is 0 Å². The van der Waals surface area contributed by atoms with Crippen LogP contribution in [0.5, 0.6) is 0 Å². The number of esters is 2. The molecule has 0 aromatic carbocycles. The van der Waals surface area contributed by atoms with Crippen molar-refractivity contribution < 1.29 is 28.5 Å². The van der Waals surface area contributed by atoms with Crippen molar-refractivity contribution in [3.8, 4) is 0 Å². The van der Waals surface area contributed by atoms with E-state index < -0.39 is 0 Å². The number of carbonyl (C=O) groups is 2. The topological polar surface area (TPSA) is 71.1 Å². The zero-order valence-corrected chi connectivity index (χ0v) is 14.0. The highest BCUT2D eigenvalue weighted by atomic mass is 16.6. The summed E-state index contributed by atoms with van der Waals surface area (Å²) in [6.45, 7) is 0. The van der Waals surface area contributed by atoms with Crippen molar-refractivity contribution in [2.75, 3.05) is 0 Å². The molecule has 6 nitrogen and oxygen atoms in total. The van der Waals surface area contributed by atoms with Crippen molar-refractivity contribution in [2.24, 2.45) is 0 Å². The summed E-state index contributed by atoms with van der Waals surface area (Å²) < 4.78 is 22.1. The standard InChI is InChI=1S/C18H26O6/c19-17(23-13-7-5-11-9-15(13)21-11)3-1-2-4-18(20)24-14-8-6-12-10-16(14)22-12/h11-16H,1-10H2. The molecule has 0 N–H and O–H groups in total. The van der Waals surface area contributed by atoms with Crippen molar-refractivity contribution >= 4 is 11.9 Å². The van der Waals surface area contributed by atoms with Gasteiger partial charge in [-0.3, -0.25) is 9.59 Å². The molecule has 6 heteroatoms. The van der Waals surface area contributed by atoms with Gasteiger partial charge in [0.15, 0.2) is 0 Å². The van der Waals surface area contributed by atoms with Crippen LogP contribution in [0.1, 0.15) is 64.2 Å². The van der Waals surface area contributed by atoms with Gasteiger partial charge in [0.1, 0.15) is 12.2 Å². The van der Waals surface area contributed by atoms with E-state index in [9.17, 15) is 9.59 Å². The Balaban J connectivity index is 1.07. The number of ether oxygens (including phenoxy) is 4. The fourth-order valence-electron chi connectivity index (χ4n) is 4.18. The maximum Gasteiger partial charge on any atom is 0.306 e. The molecule has 2 aliphatic carbocycles. The number of fused-ring (bicyclic) bond motifs is 4. The summed E-state index contributed by atoms with van der Waals surface area (Å²) in [5.41, 5.74) is 0. The number of unbranched alkanes of at least 4 members (excludes halogenated alkanes) is 1. The minimum Gasteiger partial charge on any atom is -0.460 e. The van der Waals surface area contributed by atoms with Gasteiger partial charge in [-0.25, -0.2) is 0 Å². The zero-order chi connectivity index (χ0) is 16.5. The first-order chi connectivity index (χ1) is 11.7. The summed E-state index contributed by atoms with van der Waals surface area (Å²) >= 11 is 0. The second-order valence-corrected chi connectivity index (χ2v) is 7.48. The Morgan fingerprint density at radius 3 is 1.50 bits per heavy atom. The van der Waals surface area contributed by atoms with E-state index in [4.69, 9.17) is 18.9 Å². The molecule has 6 fully saturated rings. The van der Waals surface area contributed by atoms with Crippen molar-refractivity contribution in [1.82, 2.24) is 0 Å². The van der Waals surface area contributed by atoms with Crippen LogP contribution in [0, 0.1) is 0 Å². The van der Waals surface area contributed by atoms with Crippen LogP contribution in [0.2, 0.25) is 0 Å². The summed E-state index contributed by atoms with van der Waals surface area (Å²) in [7, 11) is 0. The molecule has 6 rings (SSSR count). The Kier molecular flexibility index (Phi) is 4.77. The van der Waals surface area contributed by atoms with Gasteiger partial charge >= 0.3 is 11.9 Å². The van der Waals surface area contributed by atoms with Crippen molar-refractivity contribution in [3.05, 3.63) is 0 Å². The van der Waals surface area contributed by atoms with Gasteiger partial charge < -0.3 is 18.9 Å². The normalized spacial score (nSPS) is 39.3. The summed E-state index contributed by atoms with van der Waals surface area (Å²) in [5, 5.41) is 0. The fourth-order valence-corrected chi connectivity index (χ4v) is 4.18. The fraction of sp³-hybridized carbons (Fsp3) is 0.889. The van der Waals surface area contributed by atoms with Gasteiger partial charge in [0.25, 0.3) is 0 Å². The molecule has 4 heterocycles. The first-order valence-electron chi connectivity index (χ1n) is 9.37. The van der Waals surface area contributed by atoms with E-state index in [1.807, 2.05) is 0 Å². The Bertz CT molecular complexity index is 430. The summed E-state index contributed by atoms with van der Waals surface area (Å²) in [6, 6.07) is 0. The van der Waals surface area contributed by atoms with Gasteiger partial charge in [-0.2, -0.15) is 0 Å². The van der Waals surface area contributed by atoms with Crippen LogP contribution in [0.4, 0.5) is 0 Å². The molecule has 0 amide bonds. The van der Waals surface area contributed by atoms with Crippen molar-refractivity contribution in [2.45, 2.75) is 101 Å². The minimum atomic E-state index is -0.177. The first kappa shape index (κ1) is 16.3. The van der Waals surface area contributed by atoms with E-state index in [2.05, 4.69) is 0 Å². The predicted molar refractivity (Wildman–Crippen MR) is 83.3 cm³/mol. The minimum absolute atomic E-state index is 0.0648. The SMILES string of the molecule is O=C(CCCCC(=O)OC1CCC2CC1O2)OC1CCC2CC1O2. The van der Waals surface area contributed by atoms with Crippen molar-refractivity contribution in [1.29, 1.82) is 0 Å². The molecule has 2 saturated carbocycles. The molecule has 134 valence electrons. The van der Waals surface area contributed by atoms with Gasteiger partial charge in [0, 0.05) is 25.7 Å². The number of carbonyl (C=O) groups excluding carboxylic acids is 2. The van der Waals surface area contributed by atoms with Crippen LogP contribution in [0.15, 0.2) is 0 Å². The van der Waals surface area contributed by atoms with Gasteiger partial charge in [-0.1, -0.05) is 0 Å². The number of hydrogen-bond acceptors (Lipinski definition) is 6. The van der Waals surface area contributed by atoms with Crippen LogP contribution in [0.3, 0.4) is 0 Å². The Morgan fingerprint density at radius 2 is 1.17 bits per heavy atom. The number of hydrogen-bond donors (Lipinski definition) is 0. The lowest BCUT2D eigenvalue weighted by atomic mass is 9.86. The molecule has 0 spiro atoms. The molecule has 6 unspecified atom stereocenters. The quantitative estimate of drug-likeness (QED) is 0.524. The molecule has 24 heavy (non-hydrogen) atoms. The monoisotopic (exact) mass is 338 g/mol. The molecule has 6 aliphatic rings. The molecule has 0 aromatic heterocycles. The molecule has 4 saturated heterocycles. The lowest BCUT2D eigenvalue weighted by molar-refractivity contribution is -0.220. The smallest absolute Gasteiger partial charge is 0.306 e. The molecule has 0 aromatic rings. The second-order valence-electron chi connectivity index (χ2n) is 7.48. The van der Waals surface area contributed by atoms with Crippen LogP contribution in [0.25, 0.3) is 0 Å². The first-order valence-corrected chi connectivity index (χ1v) is 9.37. The summed E-state index contributed by atoms with van der Waals surface area (Å²) in [5.74, 6) is -0.355. The maximum atomic E-state index is 11.9. The van der Waals surface area contributed by atoms with Gasteiger partial charge in [0.2, 0.25) is 0 Å². The average molecular weight is 338 g/mol. The third-order valence-corrected chi connectivity index (χ3v) is 5.68. The van der Waals surface area contributed by atoms with Gasteiger partial charge in [-0.15, -0.1) is 0 Å². The second kappa shape index (κ2) is 7.00. The highest BCUT2D eigenvalue weighted by Gasteiger charge is 2.44. The highest BCUT2D eigenvalue weighted by molar-refractivity contribution is 5.71. The van der Waals surface area contributed by atoms with Crippen molar-refractivity contribution in [3.63, 3.8) is 0 Å². The zero-order valence-electron chi connectivity index (χ0n) is 14.0.